The molecule has 2 bridgehead atoms. The summed E-state index contributed by atoms with van der Waals surface area (Å²) in [5.74, 6) is -0.395. The first kappa shape index (κ1) is 22.4. The lowest BCUT2D eigenvalue weighted by Gasteiger charge is -2.50. The van der Waals surface area contributed by atoms with Crippen LogP contribution in [0.1, 0.15) is 30.4 Å². The summed E-state index contributed by atoms with van der Waals surface area (Å²) < 4.78 is 28.6. The molecular formula is C30H31F2N3. The van der Waals surface area contributed by atoms with Crippen molar-refractivity contribution in [1.29, 1.82) is 0 Å². The number of nitrogens with zero attached hydrogens (tertiary/aromatic N) is 2. The van der Waals surface area contributed by atoms with Crippen molar-refractivity contribution in [3.05, 3.63) is 95.7 Å². The average Bonchev–Trinajstić information content (AvgIpc) is 3.36. The summed E-state index contributed by atoms with van der Waals surface area (Å²) in [4.78, 5) is 8.16. The second-order valence-electron chi connectivity index (χ2n) is 10.4. The summed E-state index contributed by atoms with van der Waals surface area (Å²) in [6.07, 6.45) is 5.54. The maximum atomic E-state index is 15.1. The Balaban J connectivity index is 1.29. The van der Waals surface area contributed by atoms with Gasteiger partial charge < -0.3 is 9.88 Å². The molecule has 4 heterocycles. The Hall–Kier alpha value is -3.02. The van der Waals surface area contributed by atoms with Gasteiger partial charge in [0.15, 0.2) is 0 Å². The third kappa shape index (κ3) is 4.75. The molecule has 3 fully saturated rings. The molecule has 3 aromatic carbocycles. The van der Waals surface area contributed by atoms with Gasteiger partial charge in [-0.3, -0.25) is 4.90 Å². The van der Waals surface area contributed by atoms with E-state index >= 15 is 4.39 Å². The van der Waals surface area contributed by atoms with Crippen molar-refractivity contribution in [2.45, 2.75) is 32.4 Å². The zero-order valence-corrected chi connectivity index (χ0v) is 19.9. The Morgan fingerprint density at radius 3 is 2.29 bits per heavy atom. The fourth-order valence-corrected chi connectivity index (χ4v) is 5.97. The summed E-state index contributed by atoms with van der Waals surface area (Å²) in [5, 5.41) is 1.15. The van der Waals surface area contributed by atoms with Crippen molar-refractivity contribution in [2.75, 3.05) is 26.2 Å². The van der Waals surface area contributed by atoms with Crippen LogP contribution in [0.5, 0.6) is 0 Å². The molecule has 0 saturated carbocycles. The third-order valence-corrected chi connectivity index (χ3v) is 8.08. The lowest BCUT2D eigenvalue weighted by molar-refractivity contribution is -0.00521. The number of rotatable bonds is 7. The number of piperidine rings is 3. The number of nitrogens with one attached hydrogen (secondary N) is 1. The molecule has 0 aliphatic carbocycles. The first-order valence-corrected chi connectivity index (χ1v) is 12.6. The molecule has 0 amide bonds. The number of aromatic amines is 1. The summed E-state index contributed by atoms with van der Waals surface area (Å²) in [5.41, 5.74) is 5.27. The highest BCUT2D eigenvalue weighted by Gasteiger charge is 2.40. The van der Waals surface area contributed by atoms with E-state index in [1.54, 1.807) is 6.07 Å². The Bertz CT molecular complexity index is 1310. The van der Waals surface area contributed by atoms with E-state index in [2.05, 4.69) is 39.0 Å². The SMILES string of the molecule is Fc1ccc(CN(Cc2cc(-c3ccc4[nH]ccc4c3)ccc2F)CC23CCN(CC2)CC3)cc1. The van der Waals surface area contributed by atoms with E-state index in [0.717, 1.165) is 53.8 Å². The fourth-order valence-electron chi connectivity index (χ4n) is 5.97. The van der Waals surface area contributed by atoms with Gasteiger partial charge in [0.1, 0.15) is 11.6 Å². The van der Waals surface area contributed by atoms with Crippen molar-refractivity contribution >= 4 is 10.9 Å². The zero-order chi connectivity index (χ0) is 23.8. The maximum absolute atomic E-state index is 15.1. The minimum absolute atomic E-state index is 0.170. The maximum Gasteiger partial charge on any atom is 0.127 e. The zero-order valence-electron chi connectivity index (χ0n) is 19.9. The van der Waals surface area contributed by atoms with Crippen molar-refractivity contribution in [1.82, 2.24) is 14.8 Å². The highest BCUT2D eigenvalue weighted by Crippen LogP contribution is 2.41. The largest absolute Gasteiger partial charge is 0.361 e. The molecule has 0 unspecified atom stereocenters. The molecule has 0 spiro atoms. The molecule has 3 saturated heterocycles. The molecule has 35 heavy (non-hydrogen) atoms. The number of H-pyrrole nitrogens is 1. The van der Waals surface area contributed by atoms with Gasteiger partial charge in [-0.1, -0.05) is 24.3 Å². The quantitative estimate of drug-likeness (QED) is 0.328. The van der Waals surface area contributed by atoms with Crippen LogP contribution in [0.2, 0.25) is 0 Å². The van der Waals surface area contributed by atoms with Gasteiger partial charge in [0.2, 0.25) is 0 Å². The average molecular weight is 472 g/mol. The van der Waals surface area contributed by atoms with Crippen LogP contribution < -0.4 is 0 Å². The predicted octanol–water partition coefficient (Wildman–Crippen LogP) is 6.60. The Labute approximate surface area is 205 Å². The fraction of sp³-hybridized carbons (Fsp3) is 0.333. The van der Waals surface area contributed by atoms with Crippen molar-refractivity contribution in [2.24, 2.45) is 5.41 Å². The molecule has 5 heteroatoms. The van der Waals surface area contributed by atoms with Crippen LogP contribution in [-0.4, -0.2) is 41.0 Å². The number of fused-ring (bicyclic) bond motifs is 4. The molecular weight excluding hydrogens is 440 g/mol. The Morgan fingerprint density at radius 1 is 0.800 bits per heavy atom. The van der Waals surface area contributed by atoms with Gasteiger partial charge in [-0.25, -0.2) is 8.78 Å². The second kappa shape index (κ2) is 9.21. The Morgan fingerprint density at radius 2 is 1.51 bits per heavy atom. The molecule has 4 aromatic rings. The van der Waals surface area contributed by atoms with Gasteiger partial charge in [-0.2, -0.15) is 0 Å². The van der Waals surface area contributed by atoms with Crippen LogP contribution in [0.4, 0.5) is 8.78 Å². The van der Waals surface area contributed by atoms with Crippen molar-refractivity contribution < 1.29 is 8.78 Å². The molecule has 0 radical (unpaired) electrons. The first-order valence-electron chi connectivity index (χ1n) is 12.6. The molecule has 0 atom stereocenters. The van der Waals surface area contributed by atoms with Crippen LogP contribution in [0.3, 0.4) is 0 Å². The van der Waals surface area contributed by atoms with E-state index in [4.69, 9.17) is 0 Å². The van der Waals surface area contributed by atoms with Gasteiger partial charge in [0.25, 0.3) is 0 Å². The van der Waals surface area contributed by atoms with Gasteiger partial charge in [0.05, 0.1) is 0 Å². The smallest absolute Gasteiger partial charge is 0.127 e. The van der Waals surface area contributed by atoms with E-state index in [1.165, 1.54) is 31.4 Å². The van der Waals surface area contributed by atoms with Crippen LogP contribution in [0.15, 0.2) is 72.9 Å². The number of hydrogen-bond donors (Lipinski definition) is 1. The summed E-state index contributed by atoms with van der Waals surface area (Å²) in [6.45, 7) is 5.65. The van der Waals surface area contributed by atoms with Crippen molar-refractivity contribution in [3.8, 4) is 11.1 Å². The number of hydrogen-bond acceptors (Lipinski definition) is 2. The highest BCUT2D eigenvalue weighted by atomic mass is 19.1. The number of halogens is 2. The van der Waals surface area contributed by atoms with E-state index < -0.39 is 0 Å². The molecule has 7 rings (SSSR count). The molecule has 1 N–H and O–H groups in total. The molecule has 1 aromatic heterocycles. The van der Waals surface area contributed by atoms with Crippen LogP contribution >= 0.6 is 0 Å². The van der Waals surface area contributed by atoms with Crippen LogP contribution in [0.25, 0.3) is 22.0 Å². The van der Waals surface area contributed by atoms with Crippen LogP contribution in [-0.2, 0) is 13.1 Å². The normalized spacial score (nSPS) is 21.7. The van der Waals surface area contributed by atoms with Crippen LogP contribution in [0, 0.1) is 17.0 Å². The van der Waals surface area contributed by atoms with E-state index in [-0.39, 0.29) is 11.6 Å². The van der Waals surface area contributed by atoms with E-state index in [9.17, 15) is 4.39 Å². The van der Waals surface area contributed by atoms with Gasteiger partial charge >= 0.3 is 0 Å². The minimum atomic E-state index is -0.225. The van der Waals surface area contributed by atoms with Gasteiger partial charge in [-0.05, 0) is 109 Å². The highest BCUT2D eigenvalue weighted by molar-refractivity contribution is 5.85. The van der Waals surface area contributed by atoms with Crippen molar-refractivity contribution in [3.63, 3.8) is 0 Å². The van der Waals surface area contributed by atoms with E-state index in [0.29, 0.717) is 24.1 Å². The lowest BCUT2D eigenvalue weighted by Crippen LogP contribution is -2.52. The number of benzene rings is 3. The summed E-state index contributed by atoms with van der Waals surface area (Å²) in [7, 11) is 0. The lowest BCUT2D eigenvalue weighted by atomic mass is 9.71. The predicted molar refractivity (Wildman–Crippen MR) is 137 cm³/mol. The minimum Gasteiger partial charge on any atom is -0.361 e. The standard InChI is InChI=1S/C30H31F2N3/c31-27-5-1-22(2-6-27)19-35(21-30-10-14-34(15-11-30)16-12-30)20-26-18-23(3-7-28(26)32)24-4-8-29-25(17-24)9-13-33-29/h1-9,13,17-18,33H,10-12,14-16,19-21H2. The van der Waals surface area contributed by atoms with Gasteiger partial charge in [0, 0.05) is 36.9 Å². The summed E-state index contributed by atoms with van der Waals surface area (Å²) in [6, 6.07) is 20.6. The molecule has 3 nitrogen and oxygen atoms in total. The second-order valence-corrected chi connectivity index (χ2v) is 10.4. The number of aromatic nitrogens is 1. The molecule has 3 aliphatic rings. The summed E-state index contributed by atoms with van der Waals surface area (Å²) >= 11 is 0. The van der Waals surface area contributed by atoms with Gasteiger partial charge in [-0.15, -0.1) is 0 Å². The first-order chi connectivity index (χ1) is 17.1. The topological polar surface area (TPSA) is 22.3 Å². The Kier molecular flexibility index (Phi) is 5.91. The monoisotopic (exact) mass is 471 g/mol. The molecule has 180 valence electrons. The third-order valence-electron chi connectivity index (χ3n) is 8.08. The molecule has 3 aliphatic heterocycles. The van der Waals surface area contributed by atoms with E-state index in [1.807, 2.05) is 30.5 Å².